The van der Waals surface area contributed by atoms with Crippen molar-refractivity contribution in [2.24, 2.45) is 5.10 Å². The highest BCUT2D eigenvalue weighted by Gasteiger charge is 2.13. The number of hydrogen-bond acceptors (Lipinski definition) is 5. The Kier molecular flexibility index (Phi) is 3.94. The largest absolute Gasteiger partial charge is 0.480 e. The van der Waals surface area contributed by atoms with E-state index in [4.69, 9.17) is 4.42 Å². The molecule has 1 aromatic carbocycles. The van der Waals surface area contributed by atoms with E-state index in [2.05, 4.69) is 15.5 Å². The Balaban J connectivity index is 2.16. The zero-order valence-corrected chi connectivity index (χ0v) is 10.7. The van der Waals surface area contributed by atoms with Crippen LogP contribution in [0.1, 0.15) is 5.76 Å². The molecule has 0 radical (unpaired) electrons. The molecule has 0 aliphatic rings. The van der Waals surface area contributed by atoms with Crippen LogP contribution in [0.15, 0.2) is 33.8 Å². The Morgan fingerprint density at radius 2 is 2.25 bits per heavy atom. The molecule has 0 atom stereocenters. The molecule has 3 N–H and O–H groups in total. The van der Waals surface area contributed by atoms with Crippen LogP contribution in [-0.2, 0) is 0 Å². The molecule has 0 spiro atoms. The molecule has 0 amide bonds. The van der Waals surface area contributed by atoms with Gasteiger partial charge in [-0.1, -0.05) is 23.3 Å². The van der Waals surface area contributed by atoms with Gasteiger partial charge in [0.25, 0.3) is 5.95 Å². The average molecular weight is 277 g/mol. The molecule has 2 rings (SSSR count). The zero-order valence-electron chi connectivity index (χ0n) is 10.7. The molecule has 0 unspecified atom stereocenters. The van der Waals surface area contributed by atoms with E-state index in [1.54, 1.807) is 31.3 Å². The maximum absolute atomic E-state index is 10.4. The summed E-state index contributed by atoms with van der Waals surface area (Å²) in [6.45, 7) is -0.391. The van der Waals surface area contributed by atoms with Crippen molar-refractivity contribution >= 4 is 22.8 Å². The molecule has 20 heavy (non-hydrogen) atoms. The first-order valence-corrected chi connectivity index (χ1v) is 5.76. The van der Waals surface area contributed by atoms with Gasteiger partial charge in [-0.25, -0.2) is 0 Å². The van der Waals surface area contributed by atoms with Gasteiger partial charge in [-0.2, -0.15) is 0 Å². The third-order valence-electron chi connectivity index (χ3n) is 2.60. The lowest BCUT2D eigenvalue weighted by molar-refractivity contribution is -0.486. The van der Waals surface area contributed by atoms with E-state index >= 15 is 0 Å². The van der Waals surface area contributed by atoms with Gasteiger partial charge in [0, 0.05) is 10.3 Å². The van der Waals surface area contributed by atoms with Crippen LogP contribution in [0.5, 0.6) is 5.95 Å². The molecular formula is C12H13N4O4+. The summed E-state index contributed by atoms with van der Waals surface area (Å²) in [4.78, 5) is 12.5. The smallest absolute Gasteiger partial charge is 0.340 e. The minimum atomic E-state index is -0.484. The van der Waals surface area contributed by atoms with Crippen LogP contribution in [0, 0.1) is 10.1 Å². The van der Waals surface area contributed by atoms with E-state index < -0.39 is 11.5 Å². The molecule has 0 saturated carbocycles. The van der Waals surface area contributed by atoms with Gasteiger partial charge < -0.3 is 9.52 Å². The quantitative estimate of drug-likeness (QED) is 0.300. The number of nitrogens with zero attached hydrogens (tertiary/aromatic N) is 2. The molecule has 1 aromatic heterocycles. The molecule has 2 aromatic rings. The Hall–Kier alpha value is -2.90. The minimum Gasteiger partial charge on any atom is -0.480 e. The summed E-state index contributed by atoms with van der Waals surface area (Å²) in [5, 5.41) is 25.1. The van der Waals surface area contributed by atoms with E-state index in [0.29, 0.717) is 16.5 Å². The van der Waals surface area contributed by atoms with Crippen LogP contribution in [0.2, 0.25) is 0 Å². The molecule has 1 heterocycles. The number of hydrazone groups is 1. The summed E-state index contributed by atoms with van der Waals surface area (Å²) in [5.74, 6) is 0.415. The van der Waals surface area contributed by atoms with Crippen molar-refractivity contribution < 1.29 is 19.4 Å². The first-order valence-electron chi connectivity index (χ1n) is 5.76. The van der Waals surface area contributed by atoms with E-state index in [0.717, 1.165) is 0 Å². The number of aromatic hydroxyl groups is 1. The number of benzene rings is 1. The summed E-state index contributed by atoms with van der Waals surface area (Å²) < 4.78 is 5.16. The van der Waals surface area contributed by atoms with Gasteiger partial charge in [0.15, 0.2) is 5.76 Å². The van der Waals surface area contributed by atoms with Crippen LogP contribution in [0.4, 0.5) is 0 Å². The summed E-state index contributed by atoms with van der Waals surface area (Å²) in [7, 11) is 1.55. The van der Waals surface area contributed by atoms with Gasteiger partial charge in [0.1, 0.15) is 6.21 Å². The fourth-order valence-electron chi connectivity index (χ4n) is 1.66. The van der Waals surface area contributed by atoms with Crippen molar-refractivity contribution in [3.63, 3.8) is 0 Å². The van der Waals surface area contributed by atoms with Crippen molar-refractivity contribution in [1.29, 1.82) is 0 Å². The van der Waals surface area contributed by atoms with E-state index in [1.165, 1.54) is 6.21 Å². The highest BCUT2D eigenvalue weighted by molar-refractivity contribution is 6.00. The monoisotopic (exact) mass is 277 g/mol. The van der Waals surface area contributed by atoms with Crippen LogP contribution in [-0.4, -0.2) is 35.7 Å². The maximum Gasteiger partial charge on any atom is 0.340 e. The summed E-state index contributed by atoms with van der Waals surface area (Å²) >= 11 is 0. The molecule has 8 heteroatoms. The predicted molar refractivity (Wildman–Crippen MR) is 72.4 cm³/mol. The Labute approximate surface area is 113 Å². The summed E-state index contributed by atoms with van der Waals surface area (Å²) in [5.41, 5.74) is 2.51. The second-order valence-electron chi connectivity index (χ2n) is 3.91. The summed E-state index contributed by atoms with van der Waals surface area (Å²) in [6, 6.07) is 7.08. The van der Waals surface area contributed by atoms with Crippen LogP contribution >= 0.6 is 0 Å². The number of nitro groups is 1. The molecular weight excluding hydrogens is 264 g/mol. The van der Waals surface area contributed by atoms with Crippen molar-refractivity contribution in [3.8, 4) is 5.95 Å². The fourth-order valence-corrected chi connectivity index (χ4v) is 1.66. The lowest BCUT2D eigenvalue weighted by Crippen LogP contribution is -2.72. The number of rotatable bonds is 4. The number of hydrogen-bond donors (Lipinski definition) is 3. The van der Waals surface area contributed by atoms with Gasteiger partial charge in [-0.15, -0.1) is 5.43 Å². The molecule has 104 valence electrons. The minimum absolute atomic E-state index is 0.190. The van der Waals surface area contributed by atoms with Crippen molar-refractivity contribution in [2.45, 2.75) is 0 Å². The highest BCUT2D eigenvalue weighted by atomic mass is 16.6. The molecule has 0 saturated heterocycles. The van der Waals surface area contributed by atoms with Gasteiger partial charge in [-0.3, -0.25) is 15.1 Å². The van der Waals surface area contributed by atoms with Crippen molar-refractivity contribution in [2.75, 3.05) is 13.6 Å². The predicted octanol–water partition coefficient (Wildman–Crippen LogP) is -0.552. The molecule has 0 bridgehead atoms. The lowest BCUT2D eigenvalue weighted by atomic mass is 10.2. The van der Waals surface area contributed by atoms with E-state index in [-0.39, 0.29) is 11.8 Å². The average Bonchev–Trinajstić information content (AvgIpc) is 2.75. The topological polar surface area (TPSA) is 115 Å². The molecule has 0 fully saturated rings. The first kappa shape index (κ1) is 13.5. The zero-order chi connectivity index (χ0) is 14.5. The summed E-state index contributed by atoms with van der Waals surface area (Å²) in [6.07, 6.45) is 1.35. The molecule has 8 nitrogen and oxygen atoms in total. The Morgan fingerprint density at radius 1 is 1.55 bits per heavy atom. The SMILES string of the molecule is C[NH+]=C(C[N+](=O)[O-])N/N=C/c1oc(O)c2ccccc12. The van der Waals surface area contributed by atoms with Gasteiger partial charge >= 0.3 is 12.4 Å². The van der Waals surface area contributed by atoms with Gasteiger partial charge in [0.2, 0.25) is 0 Å². The Morgan fingerprint density at radius 3 is 2.90 bits per heavy atom. The number of furan rings is 1. The highest BCUT2D eigenvalue weighted by Crippen LogP contribution is 2.29. The standard InChI is InChI=1S/C12H12N4O4/c1-13-11(7-16(18)19)15-14-6-10-8-4-2-3-5-9(8)12(17)20-10/h2-6,17H,7H2,1H3,(H,13,15)/p+1/b14-6+. The van der Waals surface area contributed by atoms with Crippen LogP contribution < -0.4 is 10.4 Å². The third-order valence-corrected chi connectivity index (χ3v) is 2.60. The Bertz CT molecular complexity index is 690. The van der Waals surface area contributed by atoms with E-state index in [9.17, 15) is 15.2 Å². The van der Waals surface area contributed by atoms with Crippen molar-refractivity contribution in [3.05, 3.63) is 40.1 Å². The molecule has 0 aliphatic heterocycles. The second-order valence-corrected chi connectivity index (χ2v) is 3.91. The molecule has 0 aliphatic carbocycles. The normalized spacial score (nSPS) is 12.2. The van der Waals surface area contributed by atoms with Crippen LogP contribution in [0.3, 0.4) is 0 Å². The number of fused-ring (bicyclic) bond motifs is 1. The van der Waals surface area contributed by atoms with Crippen molar-refractivity contribution in [1.82, 2.24) is 5.43 Å². The van der Waals surface area contributed by atoms with Crippen LogP contribution in [0.25, 0.3) is 10.8 Å². The number of amidine groups is 1. The van der Waals surface area contributed by atoms with Gasteiger partial charge in [-0.05, 0) is 6.07 Å². The third kappa shape index (κ3) is 2.91. The lowest BCUT2D eigenvalue weighted by Gasteiger charge is -1.91. The number of nitrogens with one attached hydrogen (secondary N) is 2. The maximum atomic E-state index is 10.4. The fraction of sp³-hybridized carbons (Fsp3) is 0.167. The second kappa shape index (κ2) is 5.83. The van der Waals surface area contributed by atoms with E-state index in [1.807, 2.05) is 0 Å². The first-order chi connectivity index (χ1) is 9.61. The van der Waals surface area contributed by atoms with Gasteiger partial charge in [0.05, 0.1) is 12.4 Å².